The van der Waals surface area contributed by atoms with Crippen molar-refractivity contribution >= 4 is 22.7 Å². The van der Waals surface area contributed by atoms with Gasteiger partial charge in [-0.3, -0.25) is 4.79 Å². The van der Waals surface area contributed by atoms with Gasteiger partial charge in [0.2, 0.25) is 0 Å². The standard InChI is InChI=1S/C21H16N2OS/c1-25-17-12-10-15(11-13-17)14-6-8-16(9-7-14)20-22-19-5-3-2-4-18(19)21(24)23-20/h2-13H,1H3,(H,22,23,24). The lowest BCUT2D eigenvalue weighted by atomic mass is 10.0. The summed E-state index contributed by atoms with van der Waals surface area (Å²) in [5.74, 6) is 0.591. The molecule has 0 amide bonds. The number of nitrogens with one attached hydrogen (secondary N) is 1. The normalized spacial score (nSPS) is 10.9. The molecule has 0 unspecified atom stereocenters. The van der Waals surface area contributed by atoms with Gasteiger partial charge in [-0.2, -0.15) is 0 Å². The quantitative estimate of drug-likeness (QED) is 0.533. The monoisotopic (exact) mass is 344 g/mol. The van der Waals surface area contributed by atoms with Crippen LogP contribution in [-0.4, -0.2) is 16.2 Å². The highest BCUT2D eigenvalue weighted by Crippen LogP contribution is 2.25. The van der Waals surface area contributed by atoms with Gasteiger partial charge in [0.25, 0.3) is 5.56 Å². The number of rotatable bonds is 3. The number of para-hydroxylation sites is 1. The lowest BCUT2D eigenvalue weighted by Gasteiger charge is -2.06. The molecule has 1 N–H and O–H groups in total. The van der Waals surface area contributed by atoms with E-state index in [2.05, 4.69) is 52.6 Å². The van der Waals surface area contributed by atoms with Gasteiger partial charge in [0.05, 0.1) is 10.9 Å². The molecule has 0 aliphatic carbocycles. The summed E-state index contributed by atoms with van der Waals surface area (Å²) in [5.41, 5.74) is 3.80. The minimum absolute atomic E-state index is 0.114. The van der Waals surface area contributed by atoms with E-state index in [4.69, 9.17) is 0 Å². The van der Waals surface area contributed by atoms with Crippen LogP contribution in [-0.2, 0) is 0 Å². The van der Waals surface area contributed by atoms with Gasteiger partial charge in [0.1, 0.15) is 5.82 Å². The second-order valence-electron chi connectivity index (χ2n) is 5.74. The molecule has 0 aliphatic rings. The summed E-state index contributed by atoms with van der Waals surface area (Å²) in [7, 11) is 0. The SMILES string of the molecule is CSc1ccc(-c2ccc(-c3nc4ccccc4c(=O)[nH]3)cc2)cc1. The number of H-pyrrole nitrogens is 1. The van der Waals surface area contributed by atoms with Crippen molar-refractivity contribution in [1.82, 2.24) is 9.97 Å². The Morgan fingerprint density at radius 2 is 1.40 bits per heavy atom. The van der Waals surface area contributed by atoms with Crippen molar-refractivity contribution in [2.24, 2.45) is 0 Å². The predicted octanol–water partition coefficient (Wildman–Crippen LogP) is 4.98. The third-order valence-corrected chi connectivity index (χ3v) is 4.94. The maximum atomic E-state index is 12.2. The van der Waals surface area contributed by atoms with E-state index in [9.17, 15) is 4.79 Å². The van der Waals surface area contributed by atoms with Crippen LogP contribution in [0.1, 0.15) is 0 Å². The number of fused-ring (bicyclic) bond motifs is 1. The summed E-state index contributed by atoms with van der Waals surface area (Å²) in [6.45, 7) is 0. The Balaban J connectivity index is 1.71. The fourth-order valence-electron chi connectivity index (χ4n) is 2.83. The average molecular weight is 344 g/mol. The predicted molar refractivity (Wildman–Crippen MR) is 105 cm³/mol. The zero-order valence-electron chi connectivity index (χ0n) is 13.7. The first-order valence-corrected chi connectivity index (χ1v) is 9.21. The molecule has 0 saturated carbocycles. The largest absolute Gasteiger partial charge is 0.306 e. The first kappa shape index (κ1) is 15.7. The molecule has 1 heterocycles. The smallest absolute Gasteiger partial charge is 0.259 e. The van der Waals surface area contributed by atoms with Crippen LogP contribution in [0.3, 0.4) is 0 Å². The molecule has 4 rings (SSSR count). The molecule has 0 bridgehead atoms. The highest BCUT2D eigenvalue weighted by molar-refractivity contribution is 7.98. The molecular weight excluding hydrogens is 328 g/mol. The van der Waals surface area contributed by atoms with Gasteiger partial charge in [-0.1, -0.05) is 48.5 Å². The zero-order valence-corrected chi connectivity index (χ0v) is 14.5. The molecule has 0 spiro atoms. The van der Waals surface area contributed by atoms with E-state index in [1.54, 1.807) is 17.8 Å². The van der Waals surface area contributed by atoms with E-state index >= 15 is 0 Å². The number of aromatic amines is 1. The minimum Gasteiger partial charge on any atom is -0.306 e. The molecule has 3 nitrogen and oxygen atoms in total. The van der Waals surface area contributed by atoms with E-state index in [0.29, 0.717) is 16.7 Å². The fourth-order valence-corrected chi connectivity index (χ4v) is 3.24. The Labute approximate surface area is 149 Å². The summed E-state index contributed by atoms with van der Waals surface area (Å²) in [5, 5.41) is 0.608. The molecule has 3 aromatic carbocycles. The molecule has 4 aromatic rings. The molecule has 0 radical (unpaired) electrons. The van der Waals surface area contributed by atoms with Crippen molar-refractivity contribution in [3.05, 3.63) is 83.2 Å². The molecule has 4 heteroatoms. The topological polar surface area (TPSA) is 45.8 Å². The lowest BCUT2D eigenvalue weighted by molar-refractivity contribution is 1.18. The average Bonchev–Trinajstić information content (AvgIpc) is 2.68. The van der Waals surface area contributed by atoms with E-state index < -0.39 is 0 Å². The van der Waals surface area contributed by atoms with E-state index in [-0.39, 0.29) is 5.56 Å². The van der Waals surface area contributed by atoms with Gasteiger partial charge in [0.15, 0.2) is 0 Å². The van der Waals surface area contributed by atoms with Crippen molar-refractivity contribution in [3.63, 3.8) is 0 Å². The molecule has 0 aliphatic heterocycles. The van der Waals surface area contributed by atoms with Crippen LogP contribution < -0.4 is 5.56 Å². The molecule has 0 atom stereocenters. The first-order chi connectivity index (χ1) is 12.2. The van der Waals surface area contributed by atoms with E-state index in [0.717, 1.165) is 11.1 Å². The Morgan fingerprint density at radius 1 is 0.800 bits per heavy atom. The molecular formula is C21H16N2OS. The van der Waals surface area contributed by atoms with E-state index in [1.165, 1.54) is 10.5 Å². The van der Waals surface area contributed by atoms with Gasteiger partial charge in [-0.05, 0) is 41.6 Å². The highest BCUT2D eigenvalue weighted by atomic mass is 32.2. The third-order valence-electron chi connectivity index (χ3n) is 4.19. The zero-order chi connectivity index (χ0) is 17.2. The second kappa shape index (κ2) is 6.57. The van der Waals surface area contributed by atoms with E-state index in [1.807, 2.05) is 30.3 Å². The number of hydrogen-bond donors (Lipinski definition) is 1. The van der Waals surface area contributed by atoms with Crippen LogP contribution in [0.4, 0.5) is 0 Å². The van der Waals surface area contributed by atoms with Crippen molar-refractivity contribution < 1.29 is 0 Å². The summed E-state index contributed by atoms with van der Waals surface area (Å²) >= 11 is 1.73. The highest BCUT2D eigenvalue weighted by Gasteiger charge is 2.06. The third kappa shape index (κ3) is 3.08. The second-order valence-corrected chi connectivity index (χ2v) is 6.62. The summed E-state index contributed by atoms with van der Waals surface area (Å²) in [6.07, 6.45) is 2.07. The molecule has 0 fully saturated rings. The van der Waals surface area contributed by atoms with Crippen LogP contribution in [0.2, 0.25) is 0 Å². The number of thioether (sulfide) groups is 1. The van der Waals surface area contributed by atoms with Crippen LogP contribution in [0, 0.1) is 0 Å². The van der Waals surface area contributed by atoms with Crippen molar-refractivity contribution in [3.8, 4) is 22.5 Å². The van der Waals surface area contributed by atoms with Gasteiger partial charge < -0.3 is 4.98 Å². The number of hydrogen-bond acceptors (Lipinski definition) is 3. The Bertz CT molecular complexity index is 1080. The van der Waals surface area contributed by atoms with Gasteiger partial charge in [-0.25, -0.2) is 4.98 Å². The van der Waals surface area contributed by atoms with Crippen molar-refractivity contribution in [1.29, 1.82) is 0 Å². The van der Waals surface area contributed by atoms with Crippen LogP contribution >= 0.6 is 11.8 Å². The molecule has 1 aromatic heterocycles. The molecule has 0 saturated heterocycles. The molecule has 122 valence electrons. The maximum Gasteiger partial charge on any atom is 0.259 e. The van der Waals surface area contributed by atoms with Crippen LogP contribution in [0.5, 0.6) is 0 Å². The van der Waals surface area contributed by atoms with Gasteiger partial charge >= 0.3 is 0 Å². The Hall–Kier alpha value is -2.85. The maximum absolute atomic E-state index is 12.2. The van der Waals surface area contributed by atoms with Gasteiger partial charge in [-0.15, -0.1) is 11.8 Å². The fraction of sp³-hybridized carbons (Fsp3) is 0.0476. The Morgan fingerprint density at radius 3 is 2.08 bits per heavy atom. The van der Waals surface area contributed by atoms with Crippen LogP contribution in [0.25, 0.3) is 33.4 Å². The van der Waals surface area contributed by atoms with Crippen LogP contribution in [0.15, 0.2) is 82.5 Å². The summed E-state index contributed by atoms with van der Waals surface area (Å²) in [6, 6.07) is 23.9. The number of benzene rings is 3. The minimum atomic E-state index is -0.114. The first-order valence-electron chi connectivity index (χ1n) is 7.98. The van der Waals surface area contributed by atoms with Crippen molar-refractivity contribution in [2.45, 2.75) is 4.90 Å². The van der Waals surface area contributed by atoms with Crippen molar-refractivity contribution in [2.75, 3.05) is 6.26 Å². The summed E-state index contributed by atoms with van der Waals surface area (Å²) < 4.78 is 0. The molecule has 25 heavy (non-hydrogen) atoms. The summed E-state index contributed by atoms with van der Waals surface area (Å²) in [4.78, 5) is 20.9. The Kier molecular flexibility index (Phi) is 4.12. The number of aromatic nitrogens is 2. The lowest BCUT2D eigenvalue weighted by Crippen LogP contribution is -2.09. The number of nitrogens with zero attached hydrogens (tertiary/aromatic N) is 1. The van der Waals surface area contributed by atoms with Gasteiger partial charge in [0, 0.05) is 10.5 Å².